The summed E-state index contributed by atoms with van der Waals surface area (Å²) in [5.41, 5.74) is 4.21. The minimum absolute atomic E-state index is 0.0525. The molecule has 0 unspecified atom stereocenters. The maximum Gasteiger partial charge on any atom is 0.251 e. The van der Waals surface area contributed by atoms with Crippen molar-refractivity contribution in [2.75, 3.05) is 13.1 Å². The third-order valence-corrected chi connectivity index (χ3v) is 4.89. The molecule has 3 aromatic rings. The fourth-order valence-corrected chi connectivity index (χ4v) is 3.18. The van der Waals surface area contributed by atoms with Gasteiger partial charge in [-0.1, -0.05) is 50.2 Å². The molecule has 1 amide bonds. The normalized spacial score (nSPS) is 11.0. The first-order valence-corrected chi connectivity index (χ1v) is 9.81. The quantitative estimate of drug-likeness (QED) is 0.619. The molecular formula is C23H28N4O. The van der Waals surface area contributed by atoms with E-state index in [1.807, 2.05) is 35.0 Å². The van der Waals surface area contributed by atoms with Crippen LogP contribution in [0.5, 0.6) is 0 Å². The van der Waals surface area contributed by atoms with Crippen LogP contribution < -0.4 is 5.32 Å². The highest BCUT2D eigenvalue weighted by molar-refractivity contribution is 5.94. The van der Waals surface area contributed by atoms with E-state index < -0.39 is 0 Å². The maximum atomic E-state index is 12.5. The number of nitrogens with zero attached hydrogens (tertiary/aromatic N) is 3. The number of aromatic nitrogens is 2. The number of hydrogen-bond donors (Lipinski definition) is 1. The summed E-state index contributed by atoms with van der Waals surface area (Å²) >= 11 is 0. The Morgan fingerprint density at radius 2 is 1.79 bits per heavy atom. The van der Waals surface area contributed by atoms with E-state index in [2.05, 4.69) is 53.3 Å². The van der Waals surface area contributed by atoms with E-state index in [1.165, 1.54) is 5.56 Å². The molecule has 0 aliphatic carbocycles. The number of carbonyl (C=O) groups is 1. The van der Waals surface area contributed by atoms with Gasteiger partial charge in [0.25, 0.3) is 5.91 Å². The van der Waals surface area contributed by atoms with E-state index in [1.54, 1.807) is 12.5 Å². The molecular weight excluding hydrogens is 348 g/mol. The minimum Gasteiger partial charge on any atom is -0.348 e. The predicted molar refractivity (Wildman–Crippen MR) is 112 cm³/mol. The average molecular weight is 377 g/mol. The Morgan fingerprint density at radius 1 is 1.04 bits per heavy atom. The van der Waals surface area contributed by atoms with Gasteiger partial charge >= 0.3 is 0 Å². The first-order chi connectivity index (χ1) is 13.7. The molecule has 0 spiro atoms. The molecule has 0 aliphatic heterocycles. The largest absolute Gasteiger partial charge is 0.348 e. The molecule has 0 bridgehead atoms. The van der Waals surface area contributed by atoms with Gasteiger partial charge in [0, 0.05) is 37.6 Å². The third kappa shape index (κ3) is 5.54. The van der Waals surface area contributed by atoms with Crippen molar-refractivity contribution in [1.82, 2.24) is 19.8 Å². The van der Waals surface area contributed by atoms with Crippen LogP contribution in [0.4, 0.5) is 0 Å². The van der Waals surface area contributed by atoms with Gasteiger partial charge in [-0.2, -0.15) is 0 Å². The lowest BCUT2D eigenvalue weighted by Crippen LogP contribution is -2.24. The average Bonchev–Trinajstić information content (AvgIpc) is 3.24. The van der Waals surface area contributed by atoms with Gasteiger partial charge in [-0.15, -0.1) is 0 Å². The van der Waals surface area contributed by atoms with Crippen molar-refractivity contribution >= 4 is 5.91 Å². The fourth-order valence-electron chi connectivity index (χ4n) is 3.18. The van der Waals surface area contributed by atoms with Crippen LogP contribution in [0, 0.1) is 0 Å². The van der Waals surface area contributed by atoms with Gasteiger partial charge < -0.3 is 9.88 Å². The molecule has 5 nitrogen and oxygen atoms in total. The lowest BCUT2D eigenvalue weighted by molar-refractivity contribution is 0.0951. The van der Waals surface area contributed by atoms with Crippen LogP contribution in [-0.2, 0) is 19.6 Å². The molecule has 0 aliphatic rings. The van der Waals surface area contributed by atoms with Crippen molar-refractivity contribution in [2.24, 2.45) is 0 Å². The van der Waals surface area contributed by atoms with Crippen LogP contribution in [0.3, 0.4) is 0 Å². The number of nitrogens with one attached hydrogen (secondary N) is 1. The molecule has 1 aromatic heterocycles. The Hall–Kier alpha value is -2.92. The highest BCUT2D eigenvalue weighted by Crippen LogP contribution is 2.10. The molecule has 1 N–H and O–H groups in total. The van der Waals surface area contributed by atoms with Crippen LogP contribution in [0.1, 0.15) is 40.9 Å². The second kappa shape index (κ2) is 9.85. The van der Waals surface area contributed by atoms with E-state index in [0.717, 1.165) is 37.3 Å². The summed E-state index contributed by atoms with van der Waals surface area (Å²) in [6, 6.07) is 16.1. The third-order valence-electron chi connectivity index (χ3n) is 4.89. The van der Waals surface area contributed by atoms with E-state index in [0.29, 0.717) is 12.1 Å². The zero-order valence-corrected chi connectivity index (χ0v) is 16.6. The molecule has 0 saturated heterocycles. The second-order valence-corrected chi connectivity index (χ2v) is 6.90. The zero-order chi connectivity index (χ0) is 19.8. The molecule has 3 rings (SSSR count). The van der Waals surface area contributed by atoms with Gasteiger partial charge in [0.05, 0.1) is 6.33 Å². The smallest absolute Gasteiger partial charge is 0.251 e. The highest BCUT2D eigenvalue weighted by Gasteiger charge is 2.07. The predicted octanol–water partition coefficient (Wildman–Crippen LogP) is 3.70. The van der Waals surface area contributed by atoms with E-state index >= 15 is 0 Å². The minimum atomic E-state index is -0.0525. The number of amides is 1. The summed E-state index contributed by atoms with van der Waals surface area (Å²) in [5.74, 6) is -0.0525. The molecule has 5 heteroatoms. The Morgan fingerprint density at radius 3 is 2.46 bits per heavy atom. The summed E-state index contributed by atoms with van der Waals surface area (Å²) in [7, 11) is 0. The first kappa shape index (κ1) is 19.8. The fraction of sp³-hybridized carbons (Fsp3) is 0.304. The van der Waals surface area contributed by atoms with Gasteiger partial charge in [-0.25, -0.2) is 4.98 Å². The van der Waals surface area contributed by atoms with Gasteiger partial charge in [0.1, 0.15) is 0 Å². The lowest BCUT2D eigenvalue weighted by atomic mass is 10.1. The van der Waals surface area contributed by atoms with E-state index in [9.17, 15) is 4.79 Å². The van der Waals surface area contributed by atoms with Crippen molar-refractivity contribution in [3.8, 4) is 0 Å². The SMILES string of the molecule is CCN(CC)Cc1cccc(CNC(=O)c2ccc(Cn3ccnc3)cc2)c1. The van der Waals surface area contributed by atoms with Gasteiger partial charge in [0.2, 0.25) is 0 Å². The number of carbonyl (C=O) groups excluding carboxylic acids is 1. The first-order valence-electron chi connectivity index (χ1n) is 9.81. The number of imidazole rings is 1. The standard InChI is InChI=1S/C23H28N4O/c1-3-26(4-2)17-21-7-5-6-20(14-21)15-25-23(28)22-10-8-19(9-11-22)16-27-13-12-24-18-27/h5-14,18H,3-4,15-17H2,1-2H3,(H,25,28). The Labute approximate surface area is 167 Å². The Bertz CT molecular complexity index is 868. The van der Waals surface area contributed by atoms with Gasteiger partial charge in [0.15, 0.2) is 0 Å². The van der Waals surface area contributed by atoms with E-state index in [4.69, 9.17) is 0 Å². The summed E-state index contributed by atoms with van der Waals surface area (Å²) in [5, 5.41) is 3.02. The van der Waals surface area contributed by atoms with Crippen LogP contribution in [0.15, 0.2) is 67.3 Å². The van der Waals surface area contributed by atoms with Crippen molar-refractivity contribution in [2.45, 2.75) is 33.5 Å². The highest BCUT2D eigenvalue weighted by atomic mass is 16.1. The second-order valence-electron chi connectivity index (χ2n) is 6.90. The van der Waals surface area contributed by atoms with Crippen molar-refractivity contribution in [3.05, 3.63) is 89.5 Å². The number of rotatable bonds is 9. The topological polar surface area (TPSA) is 50.2 Å². The van der Waals surface area contributed by atoms with Gasteiger partial charge in [-0.05, 0) is 41.9 Å². The molecule has 2 aromatic carbocycles. The summed E-state index contributed by atoms with van der Waals surface area (Å²) in [6.45, 7) is 8.64. The molecule has 0 saturated carbocycles. The van der Waals surface area contributed by atoms with Gasteiger partial charge in [-0.3, -0.25) is 9.69 Å². The zero-order valence-electron chi connectivity index (χ0n) is 16.6. The maximum absolute atomic E-state index is 12.5. The molecule has 146 valence electrons. The number of hydrogen-bond acceptors (Lipinski definition) is 3. The summed E-state index contributed by atoms with van der Waals surface area (Å²) in [6.07, 6.45) is 5.47. The van der Waals surface area contributed by atoms with Crippen molar-refractivity contribution in [1.29, 1.82) is 0 Å². The van der Waals surface area contributed by atoms with Crippen molar-refractivity contribution < 1.29 is 4.79 Å². The van der Waals surface area contributed by atoms with Crippen LogP contribution in [-0.4, -0.2) is 33.4 Å². The monoisotopic (exact) mass is 376 g/mol. The summed E-state index contributed by atoms with van der Waals surface area (Å²) < 4.78 is 2.00. The van der Waals surface area contributed by atoms with Crippen molar-refractivity contribution in [3.63, 3.8) is 0 Å². The molecule has 0 radical (unpaired) electrons. The molecule has 1 heterocycles. The van der Waals surface area contributed by atoms with Crippen LogP contribution in [0.2, 0.25) is 0 Å². The van der Waals surface area contributed by atoms with Crippen LogP contribution in [0.25, 0.3) is 0 Å². The Balaban J connectivity index is 1.55. The Kier molecular flexibility index (Phi) is 6.98. The lowest BCUT2D eigenvalue weighted by Gasteiger charge is -2.18. The summed E-state index contributed by atoms with van der Waals surface area (Å²) in [4.78, 5) is 18.9. The molecule has 28 heavy (non-hydrogen) atoms. The van der Waals surface area contributed by atoms with E-state index in [-0.39, 0.29) is 5.91 Å². The van der Waals surface area contributed by atoms with Crippen LogP contribution >= 0.6 is 0 Å². The number of benzene rings is 2. The molecule has 0 fully saturated rings. The molecule has 0 atom stereocenters.